The Bertz CT molecular complexity index is 1200. The van der Waals surface area contributed by atoms with Gasteiger partial charge in [0.15, 0.2) is 23.0 Å². The van der Waals surface area contributed by atoms with Gasteiger partial charge in [-0.3, -0.25) is 10.1 Å². The van der Waals surface area contributed by atoms with Gasteiger partial charge in [-0.2, -0.15) is 0 Å². The smallest absolute Gasteiger partial charge is 0.336 e. The van der Waals surface area contributed by atoms with E-state index < -0.39 is 10.9 Å². The second-order valence-corrected chi connectivity index (χ2v) is 6.95. The lowest BCUT2D eigenvalue weighted by Crippen LogP contribution is -2.05. The van der Waals surface area contributed by atoms with Crippen LogP contribution in [0, 0.1) is 10.1 Å². The zero-order valence-corrected chi connectivity index (χ0v) is 18.7. The third kappa shape index (κ3) is 6.96. The molecule has 0 radical (unpaired) electrons. The molecule has 8 nitrogen and oxygen atoms in total. The van der Waals surface area contributed by atoms with Gasteiger partial charge in [0.25, 0.3) is 0 Å². The molecule has 0 aromatic heterocycles. The Kier molecular flexibility index (Phi) is 8.40. The topological polar surface area (TPSA) is 97.1 Å². The van der Waals surface area contributed by atoms with E-state index in [1.54, 1.807) is 37.5 Å². The molecule has 0 saturated carbocycles. The molecule has 0 aliphatic heterocycles. The highest BCUT2D eigenvalue weighted by atomic mass is 16.6. The van der Waals surface area contributed by atoms with Gasteiger partial charge in [0.1, 0.15) is 6.61 Å². The number of carbonyl (C=O) groups excluding carboxylic acids is 1. The lowest BCUT2D eigenvalue weighted by atomic mass is 10.2. The highest BCUT2D eigenvalue weighted by Gasteiger charge is 2.10. The van der Waals surface area contributed by atoms with Gasteiger partial charge in [-0.05, 0) is 47.0 Å². The van der Waals surface area contributed by atoms with E-state index in [2.05, 4.69) is 0 Å². The van der Waals surface area contributed by atoms with Crippen LogP contribution in [0.3, 0.4) is 0 Å². The van der Waals surface area contributed by atoms with Crippen molar-refractivity contribution in [1.82, 2.24) is 0 Å². The van der Waals surface area contributed by atoms with Crippen LogP contribution in [0.25, 0.3) is 12.2 Å². The minimum Gasteiger partial charge on any atom is -0.493 e. The maximum Gasteiger partial charge on any atom is 0.336 e. The molecule has 3 aromatic rings. The standard InChI is InChI=1S/C26H23NO7/c1-31-24-16-19(8-11-22(24)33-18-21-6-4-3-5-7-21)10-13-26(28)34-23-12-9-20(14-15-27(29)30)17-25(23)32-2/h3-17H,18H2,1-2H3/b13-10+,15-14+. The number of carbonyl (C=O) groups is 1. The molecule has 0 aliphatic carbocycles. The largest absolute Gasteiger partial charge is 0.493 e. The molecular formula is C26H23NO7. The van der Waals surface area contributed by atoms with E-state index in [0.717, 1.165) is 11.8 Å². The average molecular weight is 461 g/mol. The lowest BCUT2D eigenvalue weighted by molar-refractivity contribution is -0.400. The Morgan fingerprint density at radius 3 is 2.12 bits per heavy atom. The SMILES string of the molecule is COc1cc(/C=C/C(=O)Oc2ccc(/C=C/[N+](=O)[O-])cc2OC)ccc1OCc1ccccc1. The summed E-state index contributed by atoms with van der Waals surface area (Å²) >= 11 is 0. The van der Waals surface area contributed by atoms with Gasteiger partial charge < -0.3 is 18.9 Å². The van der Waals surface area contributed by atoms with Crippen LogP contribution in [0.4, 0.5) is 0 Å². The number of nitrogens with zero attached hydrogens (tertiary/aromatic N) is 1. The van der Waals surface area contributed by atoms with Crippen molar-refractivity contribution in [2.75, 3.05) is 14.2 Å². The Hall–Kier alpha value is -4.59. The molecule has 34 heavy (non-hydrogen) atoms. The minimum absolute atomic E-state index is 0.192. The van der Waals surface area contributed by atoms with Crippen LogP contribution in [0.2, 0.25) is 0 Å². The zero-order chi connectivity index (χ0) is 24.3. The number of methoxy groups -OCH3 is 2. The van der Waals surface area contributed by atoms with E-state index in [-0.39, 0.29) is 11.5 Å². The van der Waals surface area contributed by atoms with E-state index in [1.807, 2.05) is 30.3 Å². The average Bonchev–Trinajstić information content (AvgIpc) is 2.86. The molecule has 0 bridgehead atoms. The summed E-state index contributed by atoms with van der Waals surface area (Å²) in [5, 5.41) is 10.5. The van der Waals surface area contributed by atoms with Gasteiger partial charge in [-0.15, -0.1) is 0 Å². The highest BCUT2D eigenvalue weighted by molar-refractivity contribution is 5.89. The molecule has 0 saturated heterocycles. The van der Waals surface area contributed by atoms with E-state index in [0.29, 0.717) is 29.2 Å². The maximum atomic E-state index is 12.3. The summed E-state index contributed by atoms with van der Waals surface area (Å²) in [6.45, 7) is 0.404. The molecule has 0 spiro atoms. The van der Waals surface area contributed by atoms with Crippen molar-refractivity contribution in [3.63, 3.8) is 0 Å². The first-order valence-electron chi connectivity index (χ1n) is 10.2. The first-order chi connectivity index (χ1) is 16.5. The van der Waals surface area contributed by atoms with Crippen LogP contribution in [0.15, 0.2) is 79.0 Å². The Morgan fingerprint density at radius 1 is 0.853 bits per heavy atom. The molecule has 0 heterocycles. The lowest BCUT2D eigenvalue weighted by Gasteiger charge is -2.11. The van der Waals surface area contributed by atoms with Crippen molar-refractivity contribution in [2.45, 2.75) is 6.61 Å². The number of hydrogen-bond donors (Lipinski definition) is 0. The van der Waals surface area contributed by atoms with Crippen molar-refractivity contribution < 1.29 is 28.7 Å². The van der Waals surface area contributed by atoms with Gasteiger partial charge >= 0.3 is 5.97 Å². The molecule has 0 atom stereocenters. The molecule has 3 aromatic carbocycles. The van der Waals surface area contributed by atoms with E-state index in [1.165, 1.54) is 31.4 Å². The number of hydrogen-bond acceptors (Lipinski definition) is 7. The van der Waals surface area contributed by atoms with Crippen molar-refractivity contribution in [2.24, 2.45) is 0 Å². The normalized spacial score (nSPS) is 10.9. The predicted molar refractivity (Wildman–Crippen MR) is 127 cm³/mol. The number of rotatable bonds is 10. The molecule has 3 rings (SSSR count). The zero-order valence-electron chi connectivity index (χ0n) is 18.7. The van der Waals surface area contributed by atoms with E-state index in [9.17, 15) is 14.9 Å². The van der Waals surface area contributed by atoms with E-state index in [4.69, 9.17) is 18.9 Å². The van der Waals surface area contributed by atoms with Crippen molar-refractivity contribution in [1.29, 1.82) is 0 Å². The molecule has 0 amide bonds. The van der Waals surface area contributed by atoms with Crippen LogP contribution in [-0.2, 0) is 11.4 Å². The molecule has 0 N–H and O–H groups in total. The summed E-state index contributed by atoms with van der Waals surface area (Å²) in [6.07, 6.45) is 5.00. The fourth-order valence-corrected chi connectivity index (χ4v) is 2.97. The van der Waals surface area contributed by atoms with Gasteiger partial charge in [0.05, 0.1) is 19.1 Å². The quantitative estimate of drug-likeness (QED) is 0.135. The number of nitro groups is 1. The Morgan fingerprint density at radius 2 is 1.47 bits per heavy atom. The summed E-state index contributed by atoms with van der Waals surface area (Å²) in [4.78, 5) is 22.2. The number of ether oxygens (including phenoxy) is 4. The summed E-state index contributed by atoms with van der Waals surface area (Å²) in [6, 6.07) is 19.7. The van der Waals surface area contributed by atoms with Gasteiger partial charge in [-0.25, -0.2) is 4.79 Å². The molecular weight excluding hydrogens is 438 g/mol. The molecule has 0 aliphatic rings. The summed E-state index contributed by atoms with van der Waals surface area (Å²) in [7, 11) is 2.96. The summed E-state index contributed by atoms with van der Waals surface area (Å²) in [5.74, 6) is 0.968. The Balaban J connectivity index is 1.65. The fourth-order valence-electron chi connectivity index (χ4n) is 2.97. The van der Waals surface area contributed by atoms with Gasteiger partial charge in [-0.1, -0.05) is 42.5 Å². The fraction of sp³-hybridized carbons (Fsp3) is 0.115. The van der Waals surface area contributed by atoms with Crippen molar-refractivity contribution in [3.05, 3.63) is 106 Å². The monoisotopic (exact) mass is 461 g/mol. The third-order valence-corrected chi connectivity index (χ3v) is 4.62. The first kappa shape index (κ1) is 24.1. The Labute approximate surface area is 196 Å². The van der Waals surface area contributed by atoms with E-state index >= 15 is 0 Å². The third-order valence-electron chi connectivity index (χ3n) is 4.62. The number of benzene rings is 3. The number of esters is 1. The van der Waals surface area contributed by atoms with Crippen molar-refractivity contribution >= 4 is 18.1 Å². The van der Waals surface area contributed by atoms with Gasteiger partial charge in [0, 0.05) is 12.2 Å². The first-order valence-corrected chi connectivity index (χ1v) is 10.2. The van der Waals surface area contributed by atoms with Crippen molar-refractivity contribution in [3.8, 4) is 23.0 Å². The highest BCUT2D eigenvalue weighted by Crippen LogP contribution is 2.30. The molecule has 174 valence electrons. The van der Waals surface area contributed by atoms with Gasteiger partial charge in [0.2, 0.25) is 6.20 Å². The van der Waals surface area contributed by atoms with Crippen LogP contribution >= 0.6 is 0 Å². The maximum absolute atomic E-state index is 12.3. The van der Waals surface area contributed by atoms with Crippen LogP contribution < -0.4 is 18.9 Å². The van der Waals surface area contributed by atoms with Crippen LogP contribution in [0.1, 0.15) is 16.7 Å². The van der Waals surface area contributed by atoms with Crippen LogP contribution in [-0.4, -0.2) is 25.1 Å². The summed E-state index contributed by atoms with van der Waals surface area (Å²) in [5.41, 5.74) is 2.28. The second-order valence-electron chi connectivity index (χ2n) is 6.95. The second kappa shape index (κ2) is 11.9. The minimum atomic E-state index is -0.616. The molecule has 8 heteroatoms. The molecule has 0 fully saturated rings. The van der Waals surface area contributed by atoms with Crippen LogP contribution in [0.5, 0.6) is 23.0 Å². The predicted octanol–water partition coefficient (Wildman–Crippen LogP) is 5.15. The summed E-state index contributed by atoms with van der Waals surface area (Å²) < 4.78 is 21.8. The molecule has 0 unspecified atom stereocenters.